The van der Waals surface area contributed by atoms with Crippen molar-refractivity contribution in [1.82, 2.24) is 0 Å². The summed E-state index contributed by atoms with van der Waals surface area (Å²) >= 11 is 0. The first-order valence-corrected chi connectivity index (χ1v) is 23.0. The molecule has 1 aliphatic carbocycles. The second kappa shape index (κ2) is 16.1. The maximum atomic E-state index is 15.2. The number of hydrogen-bond acceptors (Lipinski definition) is 12. The van der Waals surface area contributed by atoms with Gasteiger partial charge in [0.1, 0.15) is 36.6 Å². The molecule has 58 heavy (non-hydrogen) atoms. The molecule has 1 saturated carbocycles. The van der Waals surface area contributed by atoms with E-state index < -0.39 is 88.3 Å². The second-order valence-corrected chi connectivity index (χ2v) is 19.4. The van der Waals surface area contributed by atoms with E-state index in [9.17, 15) is 0 Å². The zero-order chi connectivity index (χ0) is 40.1. The first-order valence-electron chi connectivity index (χ1n) is 20.1. The van der Waals surface area contributed by atoms with E-state index in [0.717, 1.165) is 22.3 Å². The van der Waals surface area contributed by atoms with Crippen molar-refractivity contribution in [2.45, 2.75) is 126 Å². The van der Waals surface area contributed by atoms with Crippen molar-refractivity contribution in [3.63, 3.8) is 0 Å². The number of benzene rings is 4. The van der Waals surface area contributed by atoms with Crippen LogP contribution in [0.25, 0.3) is 0 Å². The number of hydrogen-bond donors (Lipinski definition) is 0. The number of fused-ring (bicyclic) bond motifs is 2. The lowest BCUT2D eigenvalue weighted by Crippen LogP contribution is -2.62. The van der Waals surface area contributed by atoms with Crippen LogP contribution < -0.4 is 0 Å². The zero-order valence-electron chi connectivity index (χ0n) is 32.9. The third kappa shape index (κ3) is 8.59. The Bertz CT molecular complexity index is 1820. The van der Waals surface area contributed by atoms with Crippen LogP contribution in [0.1, 0.15) is 100 Å². The third-order valence-corrected chi connectivity index (χ3v) is 14.3. The fourth-order valence-electron chi connectivity index (χ4n) is 8.73. The maximum Gasteiger partial charge on any atom is 0.476 e. The van der Waals surface area contributed by atoms with Gasteiger partial charge in [-0.15, -0.1) is 0 Å². The molecule has 9 rings (SSSR count). The van der Waals surface area contributed by atoms with Crippen molar-refractivity contribution >= 4 is 15.6 Å². The predicted octanol–water partition coefficient (Wildman–Crippen LogP) is 10.6. The Morgan fingerprint density at radius 2 is 0.638 bits per heavy atom. The van der Waals surface area contributed by atoms with Gasteiger partial charge in [0.15, 0.2) is 11.6 Å². The van der Waals surface area contributed by atoms with E-state index in [1.165, 1.54) is 0 Å². The molecule has 0 radical (unpaired) electrons. The summed E-state index contributed by atoms with van der Waals surface area (Å²) < 4.78 is 95.8. The third-order valence-electron chi connectivity index (χ3n) is 11.2. The molecular formula is C44H50O12P2. The molecule has 308 valence electrons. The van der Waals surface area contributed by atoms with Crippen molar-refractivity contribution in [2.24, 2.45) is 0 Å². The van der Waals surface area contributed by atoms with E-state index in [1.807, 2.05) is 121 Å². The first-order chi connectivity index (χ1) is 27.9. The molecule has 4 saturated heterocycles. The molecule has 5 fully saturated rings. The van der Waals surface area contributed by atoms with Gasteiger partial charge in [0.2, 0.25) is 0 Å². The Labute approximate surface area is 339 Å². The van der Waals surface area contributed by atoms with Crippen LogP contribution in [0.15, 0.2) is 121 Å². The van der Waals surface area contributed by atoms with Crippen molar-refractivity contribution in [3.8, 4) is 0 Å². The minimum atomic E-state index is -4.43. The average Bonchev–Trinajstić information content (AvgIpc) is 3.58. The van der Waals surface area contributed by atoms with Gasteiger partial charge in [0, 0.05) is 0 Å². The Hall–Kier alpha value is -3.06. The lowest BCUT2D eigenvalue weighted by Gasteiger charge is -2.43. The molecule has 5 aliphatic rings. The highest BCUT2D eigenvalue weighted by atomic mass is 31.2. The van der Waals surface area contributed by atoms with Gasteiger partial charge in [-0.3, -0.25) is 27.1 Å². The molecular weight excluding hydrogens is 782 g/mol. The van der Waals surface area contributed by atoms with Crippen LogP contribution >= 0.6 is 15.6 Å². The van der Waals surface area contributed by atoms with Crippen LogP contribution in [0.3, 0.4) is 0 Å². The van der Waals surface area contributed by atoms with Crippen molar-refractivity contribution < 1.29 is 55.2 Å². The highest BCUT2D eigenvalue weighted by Gasteiger charge is 2.67. The molecule has 4 aromatic rings. The summed E-state index contributed by atoms with van der Waals surface area (Å²) in [6.07, 6.45) is -6.38. The van der Waals surface area contributed by atoms with E-state index in [4.69, 9.17) is 46.1 Å². The Balaban J connectivity index is 1.07. The van der Waals surface area contributed by atoms with Crippen molar-refractivity contribution in [3.05, 3.63) is 144 Å². The van der Waals surface area contributed by atoms with Gasteiger partial charge in [-0.25, -0.2) is 9.13 Å². The van der Waals surface area contributed by atoms with Crippen LogP contribution in [0.2, 0.25) is 0 Å². The quantitative estimate of drug-likeness (QED) is 0.157. The van der Waals surface area contributed by atoms with Crippen LogP contribution in [-0.4, -0.2) is 48.2 Å². The fraction of sp³-hybridized carbons (Fsp3) is 0.455. The maximum absolute atomic E-state index is 15.2. The molecule has 0 bridgehead atoms. The smallest absolute Gasteiger partial charge is 0.342 e. The standard InChI is InChI=1S/C44H50O12P2/c1-43(2)47-37-38(48-43)42(56-58(46)53-35(31-21-13-7-14-22-31)27-28-36(54-58)32-23-15-8-16-24-32)40-39(49-44(3,4)50-40)41(37)55-57(45)51-33(29-17-9-5-10-18-29)25-26-34(52-57)30-19-11-6-12-20-30/h5-24,33-42H,25-28H2,1-4H3/t33-,34-,35-,36-,37-,38+,39+,40+,41?,42?/m1/s1. The second-order valence-electron chi connectivity index (χ2n) is 16.3. The van der Waals surface area contributed by atoms with Crippen LogP contribution in [-0.2, 0) is 55.2 Å². The topological polar surface area (TPSA) is 126 Å². The van der Waals surface area contributed by atoms with Crippen LogP contribution in [0.4, 0.5) is 0 Å². The minimum absolute atomic E-state index is 0.526. The van der Waals surface area contributed by atoms with Crippen LogP contribution in [0, 0.1) is 0 Å². The predicted molar refractivity (Wildman–Crippen MR) is 212 cm³/mol. The van der Waals surface area contributed by atoms with Crippen molar-refractivity contribution in [1.29, 1.82) is 0 Å². The SMILES string of the molecule is CC1(C)O[C@@H]2C(OP3(=O)O[C@@H](c4ccccc4)CC[C@H](c4ccccc4)O3)[C@H]3OC(C)(C)O[C@H]3C(OP3(=O)O[C@@H](c4ccccc4)CC[C@H](c4ccccc4)O3)[C@H]2O1. The number of rotatable bonds is 8. The van der Waals surface area contributed by atoms with E-state index in [-0.39, 0.29) is 0 Å². The molecule has 10 atom stereocenters. The Kier molecular flexibility index (Phi) is 11.2. The Morgan fingerprint density at radius 1 is 0.414 bits per heavy atom. The monoisotopic (exact) mass is 832 g/mol. The Morgan fingerprint density at radius 3 is 0.862 bits per heavy atom. The van der Waals surface area contributed by atoms with Gasteiger partial charge in [-0.1, -0.05) is 121 Å². The van der Waals surface area contributed by atoms with E-state index in [1.54, 1.807) is 27.7 Å². The van der Waals surface area contributed by atoms with E-state index >= 15 is 9.13 Å². The van der Waals surface area contributed by atoms with Gasteiger partial charge in [0.25, 0.3) is 0 Å². The first kappa shape index (κ1) is 40.4. The number of phosphoric acid groups is 2. The summed E-state index contributed by atoms with van der Waals surface area (Å²) in [6.45, 7) is 7.04. The highest BCUT2D eigenvalue weighted by Crippen LogP contribution is 2.65. The number of ether oxygens (including phenoxy) is 4. The molecule has 0 spiro atoms. The lowest BCUT2D eigenvalue weighted by atomic mass is 9.85. The fourth-order valence-corrected chi connectivity index (χ4v) is 12.3. The molecule has 4 aromatic carbocycles. The molecule has 4 aliphatic heterocycles. The molecule has 0 amide bonds. The summed E-state index contributed by atoms with van der Waals surface area (Å²) in [7, 11) is -8.85. The summed E-state index contributed by atoms with van der Waals surface area (Å²) in [6, 6.07) is 38.4. The van der Waals surface area contributed by atoms with E-state index in [2.05, 4.69) is 0 Å². The molecule has 0 N–H and O–H groups in total. The minimum Gasteiger partial charge on any atom is -0.342 e. The van der Waals surface area contributed by atoms with Crippen molar-refractivity contribution in [2.75, 3.05) is 0 Å². The lowest BCUT2D eigenvalue weighted by molar-refractivity contribution is -0.182. The summed E-state index contributed by atoms with van der Waals surface area (Å²) in [5.41, 5.74) is 3.37. The molecule has 0 aromatic heterocycles. The van der Waals surface area contributed by atoms with Gasteiger partial charge >= 0.3 is 15.6 Å². The highest BCUT2D eigenvalue weighted by molar-refractivity contribution is 7.48. The van der Waals surface area contributed by atoms with Gasteiger partial charge in [-0.2, -0.15) is 0 Å². The molecule has 12 nitrogen and oxygen atoms in total. The van der Waals surface area contributed by atoms with E-state index in [0.29, 0.717) is 25.7 Å². The molecule has 4 heterocycles. The summed E-state index contributed by atoms with van der Waals surface area (Å²) in [5, 5.41) is 0. The largest absolute Gasteiger partial charge is 0.476 e. The van der Waals surface area contributed by atoms with Gasteiger partial charge in [0.05, 0.1) is 24.4 Å². The summed E-state index contributed by atoms with van der Waals surface area (Å²) in [4.78, 5) is 0. The average molecular weight is 833 g/mol. The summed E-state index contributed by atoms with van der Waals surface area (Å²) in [5.74, 6) is -2.35. The normalized spacial score (nSPS) is 34.9. The van der Waals surface area contributed by atoms with Gasteiger partial charge < -0.3 is 18.9 Å². The molecule has 14 heteroatoms. The molecule has 2 unspecified atom stereocenters. The zero-order valence-corrected chi connectivity index (χ0v) is 34.7. The van der Waals surface area contributed by atoms with Crippen LogP contribution in [0.5, 0.6) is 0 Å². The number of phosphoric ester groups is 2. The van der Waals surface area contributed by atoms with Gasteiger partial charge in [-0.05, 0) is 75.6 Å².